The topological polar surface area (TPSA) is 85.1 Å². The lowest BCUT2D eigenvalue weighted by Crippen LogP contribution is -2.38. The number of nitrogen functional groups attached to an aromatic ring is 1. The highest BCUT2D eigenvalue weighted by Gasteiger charge is 2.36. The third-order valence-corrected chi connectivity index (χ3v) is 3.81. The van der Waals surface area contributed by atoms with Gasteiger partial charge in [0.2, 0.25) is 11.8 Å². The number of hydrogen-bond acceptors (Lipinski definition) is 6. The molecule has 1 saturated heterocycles. The van der Waals surface area contributed by atoms with Gasteiger partial charge in [0.05, 0.1) is 5.69 Å². The number of benzene rings is 1. The average Bonchev–Trinajstić information content (AvgIpc) is 2.57. The Morgan fingerprint density at radius 1 is 1.28 bits per heavy atom. The zero-order chi connectivity index (χ0) is 17.9. The van der Waals surface area contributed by atoms with Crippen molar-refractivity contribution in [2.24, 2.45) is 0 Å². The number of piperidine rings is 1. The predicted molar refractivity (Wildman–Crippen MR) is 87.5 cm³/mol. The zero-order valence-corrected chi connectivity index (χ0v) is 13.3. The molecule has 1 atom stereocenters. The van der Waals surface area contributed by atoms with Gasteiger partial charge in [-0.2, -0.15) is 18.2 Å². The first kappa shape index (κ1) is 17.3. The summed E-state index contributed by atoms with van der Waals surface area (Å²) < 4.78 is 45.0. The van der Waals surface area contributed by atoms with Gasteiger partial charge < -0.3 is 21.1 Å². The summed E-state index contributed by atoms with van der Waals surface area (Å²) >= 11 is 0. The largest absolute Gasteiger partial charge is 0.436 e. The summed E-state index contributed by atoms with van der Waals surface area (Å²) in [6, 6.07) is 6.36. The molecule has 0 aliphatic carbocycles. The molecule has 0 radical (unpaired) electrons. The molecule has 0 spiro atoms. The highest BCUT2D eigenvalue weighted by molar-refractivity contribution is 5.53. The van der Waals surface area contributed by atoms with Crippen molar-refractivity contribution in [1.29, 1.82) is 0 Å². The van der Waals surface area contributed by atoms with Gasteiger partial charge in [-0.15, -0.1) is 0 Å². The number of para-hydroxylation sites is 2. The Bertz CT molecular complexity index is 732. The Balaban J connectivity index is 1.89. The van der Waals surface area contributed by atoms with Crippen molar-refractivity contribution in [3.63, 3.8) is 0 Å². The fourth-order valence-corrected chi connectivity index (χ4v) is 2.54. The number of nitrogens with two attached hydrogens (primary N) is 1. The number of rotatable bonds is 4. The molecule has 3 rings (SSSR count). The molecular formula is C16H18F3N5O. The minimum Gasteiger partial charge on any atom is -0.436 e. The maximum absolute atomic E-state index is 13.2. The van der Waals surface area contributed by atoms with Crippen LogP contribution in [0.3, 0.4) is 0 Å². The smallest absolute Gasteiger partial charge is 0.423 e. The van der Waals surface area contributed by atoms with Gasteiger partial charge in [0, 0.05) is 18.8 Å². The van der Waals surface area contributed by atoms with E-state index in [1.807, 2.05) is 0 Å². The average molecular weight is 353 g/mol. The number of nitrogens with zero attached hydrogens (tertiary/aromatic N) is 2. The summed E-state index contributed by atoms with van der Waals surface area (Å²) in [5.41, 5.74) is 4.91. The van der Waals surface area contributed by atoms with E-state index >= 15 is 0 Å². The minimum atomic E-state index is -4.64. The molecule has 0 bridgehead atoms. The first-order chi connectivity index (χ1) is 11.9. The van der Waals surface area contributed by atoms with E-state index in [0.29, 0.717) is 6.54 Å². The quantitative estimate of drug-likeness (QED) is 0.733. The standard InChI is InChI=1S/C16H18F3N5O/c17-16(18,19)11-9-22-15(23-10-4-3-7-21-8-10)24-14(11)25-13-6-2-1-5-12(13)20/h1-2,5-6,9-10,21H,3-4,7-8,20H2,(H,22,23,24)/t10-/m0/s1. The van der Waals surface area contributed by atoms with Gasteiger partial charge in [0.1, 0.15) is 5.56 Å². The summed E-state index contributed by atoms with van der Waals surface area (Å²) in [7, 11) is 0. The Hall–Kier alpha value is -2.55. The number of alkyl halides is 3. The van der Waals surface area contributed by atoms with Gasteiger partial charge in [0.25, 0.3) is 0 Å². The third-order valence-electron chi connectivity index (χ3n) is 3.81. The van der Waals surface area contributed by atoms with E-state index in [1.165, 1.54) is 12.1 Å². The maximum atomic E-state index is 13.2. The molecule has 25 heavy (non-hydrogen) atoms. The van der Waals surface area contributed by atoms with Crippen LogP contribution in [-0.4, -0.2) is 29.1 Å². The molecule has 1 aromatic heterocycles. The highest BCUT2D eigenvalue weighted by Crippen LogP contribution is 2.38. The molecule has 2 heterocycles. The normalized spacial score (nSPS) is 18.0. The van der Waals surface area contributed by atoms with Crippen LogP contribution >= 0.6 is 0 Å². The molecule has 0 unspecified atom stereocenters. The molecule has 0 amide bonds. The second-order valence-corrected chi connectivity index (χ2v) is 5.74. The fraction of sp³-hybridized carbons (Fsp3) is 0.375. The lowest BCUT2D eigenvalue weighted by atomic mass is 10.1. The number of nitrogens with one attached hydrogen (secondary N) is 2. The van der Waals surface area contributed by atoms with Crippen LogP contribution in [0.15, 0.2) is 30.5 Å². The van der Waals surface area contributed by atoms with Crippen molar-refractivity contribution >= 4 is 11.6 Å². The highest BCUT2D eigenvalue weighted by atomic mass is 19.4. The van der Waals surface area contributed by atoms with E-state index in [4.69, 9.17) is 10.5 Å². The van der Waals surface area contributed by atoms with Gasteiger partial charge in [-0.05, 0) is 31.5 Å². The molecule has 134 valence electrons. The molecular weight excluding hydrogens is 335 g/mol. The van der Waals surface area contributed by atoms with E-state index in [9.17, 15) is 13.2 Å². The number of hydrogen-bond donors (Lipinski definition) is 3. The van der Waals surface area contributed by atoms with E-state index in [1.54, 1.807) is 12.1 Å². The molecule has 1 aliphatic rings. The van der Waals surface area contributed by atoms with Crippen LogP contribution in [0, 0.1) is 0 Å². The van der Waals surface area contributed by atoms with E-state index in [-0.39, 0.29) is 23.4 Å². The van der Waals surface area contributed by atoms with Crippen LogP contribution in [0.1, 0.15) is 18.4 Å². The maximum Gasteiger partial charge on any atom is 0.423 e. The number of aromatic nitrogens is 2. The second kappa shape index (κ2) is 7.14. The van der Waals surface area contributed by atoms with Crippen molar-refractivity contribution in [2.45, 2.75) is 25.1 Å². The van der Waals surface area contributed by atoms with Gasteiger partial charge in [-0.3, -0.25) is 0 Å². The van der Waals surface area contributed by atoms with Crippen molar-refractivity contribution in [2.75, 3.05) is 24.1 Å². The monoisotopic (exact) mass is 353 g/mol. The molecule has 1 aliphatic heterocycles. The number of ether oxygens (including phenoxy) is 1. The molecule has 1 aromatic carbocycles. The molecule has 6 nitrogen and oxygen atoms in total. The van der Waals surface area contributed by atoms with E-state index in [0.717, 1.165) is 25.6 Å². The van der Waals surface area contributed by atoms with E-state index < -0.39 is 17.6 Å². The Morgan fingerprint density at radius 3 is 2.76 bits per heavy atom. The minimum absolute atomic E-state index is 0.0557. The number of halogens is 3. The van der Waals surface area contributed by atoms with Crippen LogP contribution in [0.4, 0.5) is 24.8 Å². The first-order valence-electron chi connectivity index (χ1n) is 7.87. The van der Waals surface area contributed by atoms with Crippen LogP contribution in [0.25, 0.3) is 0 Å². The Labute approximate surface area is 142 Å². The van der Waals surface area contributed by atoms with E-state index in [2.05, 4.69) is 20.6 Å². The summed E-state index contributed by atoms with van der Waals surface area (Å²) in [6.45, 7) is 1.62. The third kappa shape index (κ3) is 4.30. The van der Waals surface area contributed by atoms with Crippen molar-refractivity contribution in [3.05, 3.63) is 36.0 Å². The molecule has 2 aromatic rings. The van der Waals surface area contributed by atoms with Crippen molar-refractivity contribution < 1.29 is 17.9 Å². The first-order valence-corrected chi connectivity index (χ1v) is 7.87. The molecule has 1 fully saturated rings. The molecule has 9 heteroatoms. The fourth-order valence-electron chi connectivity index (χ4n) is 2.54. The predicted octanol–water partition coefficient (Wildman–Crippen LogP) is 3.03. The van der Waals surface area contributed by atoms with Crippen LogP contribution in [-0.2, 0) is 6.18 Å². The summed E-state index contributed by atoms with van der Waals surface area (Å²) in [6.07, 6.45) is -2.05. The SMILES string of the molecule is Nc1ccccc1Oc1nc(N[C@H]2CCCNC2)ncc1C(F)(F)F. The van der Waals surface area contributed by atoms with Gasteiger partial charge >= 0.3 is 6.18 Å². The summed E-state index contributed by atoms with van der Waals surface area (Å²) in [5.74, 6) is -0.380. The lowest BCUT2D eigenvalue weighted by molar-refractivity contribution is -0.139. The van der Waals surface area contributed by atoms with Gasteiger partial charge in [0.15, 0.2) is 5.75 Å². The van der Waals surface area contributed by atoms with Crippen LogP contribution < -0.4 is 21.1 Å². The van der Waals surface area contributed by atoms with Gasteiger partial charge in [-0.1, -0.05) is 12.1 Å². The van der Waals surface area contributed by atoms with Crippen LogP contribution in [0.2, 0.25) is 0 Å². The Kier molecular flexibility index (Phi) is 4.93. The lowest BCUT2D eigenvalue weighted by Gasteiger charge is -2.24. The summed E-state index contributed by atoms with van der Waals surface area (Å²) in [4.78, 5) is 7.70. The van der Waals surface area contributed by atoms with Crippen molar-refractivity contribution in [1.82, 2.24) is 15.3 Å². The molecule has 4 N–H and O–H groups in total. The summed E-state index contributed by atoms with van der Waals surface area (Å²) in [5, 5.41) is 6.24. The van der Waals surface area contributed by atoms with Crippen molar-refractivity contribution in [3.8, 4) is 11.6 Å². The second-order valence-electron chi connectivity index (χ2n) is 5.74. The van der Waals surface area contributed by atoms with Crippen LogP contribution in [0.5, 0.6) is 11.6 Å². The number of anilines is 2. The molecule has 0 saturated carbocycles. The zero-order valence-electron chi connectivity index (χ0n) is 13.3. The van der Waals surface area contributed by atoms with Gasteiger partial charge in [-0.25, -0.2) is 4.98 Å². The Morgan fingerprint density at radius 2 is 2.08 bits per heavy atom.